The summed E-state index contributed by atoms with van der Waals surface area (Å²) in [6.45, 7) is 2.05. The molecule has 0 saturated carbocycles. The van der Waals surface area contributed by atoms with Crippen molar-refractivity contribution in [2.45, 2.75) is 18.9 Å². The standard InChI is InChI=1S/C13H18ClNO4/c1-13(18,5-6-19-2)8-15-12(17)10-7-9(14)3-4-11(10)16/h3-4,7,16,18H,5-6,8H2,1-2H3,(H,15,17). The molecule has 0 aliphatic carbocycles. The maximum Gasteiger partial charge on any atom is 0.255 e. The van der Waals surface area contributed by atoms with Gasteiger partial charge in [0.1, 0.15) is 5.75 Å². The fourth-order valence-electron chi connectivity index (χ4n) is 1.47. The van der Waals surface area contributed by atoms with Crippen molar-refractivity contribution < 1.29 is 19.7 Å². The highest BCUT2D eigenvalue weighted by Gasteiger charge is 2.22. The predicted octanol–water partition coefficient (Wildman–Crippen LogP) is 1.56. The van der Waals surface area contributed by atoms with Gasteiger partial charge < -0.3 is 20.3 Å². The third-order valence-corrected chi connectivity index (χ3v) is 2.91. The number of benzene rings is 1. The molecule has 1 amide bonds. The number of carbonyl (C=O) groups excluding carboxylic acids is 1. The molecule has 0 saturated heterocycles. The van der Waals surface area contributed by atoms with E-state index in [9.17, 15) is 15.0 Å². The fourth-order valence-corrected chi connectivity index (χ4v) is 1.64. The minimum Gasteiger partial charge on any atom is -0.507 e. The van der Waals surface area contributed by atoms with E-state index < -0.39 is 11.5 Å². The van der Waals surface area contributed by atoms with Crippen LogP contribution in [-0.2, 0) is 4.74 Å². The van der Waals surface area contributed by atoms with Crippen LogP contribution in [0.2, 0.25) is 5.02 Å². The molecule has 3 N–H and O–H groups in total. The van der Waals surface area contributed by atoms with E-state index in [1.807, 2.05) is 0 Å². The Kier molecular flexibility index (Phi) is 5.60. The average Bonchev–Trinajstić information content (AvgIpc) is 2.36. The SMILES string of the molecule is COCCC(C)(O)CNC(=O)c1cc(Cl)ccc1O. The van der Waals surface area contributed by atoms with Crippen LogP contribution in [-0.4, -0.2) is 42.0 Å². The molecule has 0 aliphatic heterocycles. The summed E-state index contributed by atoms with van der Waals surface area (Å²) < 4.78 is 4.87. The number of amides is 1. The van der Waals surface area contributed by atoms with Crippen LogP contribution in [0.1, 0.15) is 23.7 Å². The molecule has 0 radical (unpaired) electrons. The van der Waals surface area contributed by atoms with Gasteiger partial charge in [0.15, 0.2) is 0 Å². The average molecular weight is 288 g/mol. The van der Waals surface area contributed by atoms with Crippen LogP contribution in [0.25, 0.3) is 0 Å². The number of methoxy groups -OCH3 is 1. The molecule has 1 aromatic rings. The maximum atomic E-state index is 11.9. The van der Waals surface area contributed by atoms with Gasteiger partial charge in [0.05, 0.1) is 11.2 Å². The molecule has 106 valence electrons. The molecule has 0 spiro atoms. The maximum absolute atomic E-state index is 11.9. The molecule has 1 rings (SSSR count). The van der Waals surface area contributed by atoms with Crippen LogP contribution in [0.4, 0.5) is 0 Å². The van der Waals surface area contributed by atoms with Gasteiger partial charge in [-0.05, 0) is 25.1 Å². The lowest BCUT2D eigenvalue weighted by molar-refractivity contribution is 0.0243. The molecule has 5 nitrogen and oxygen atoms in total. The second kappa shape index (κ2) is 6.75. The van der Waals surface area contributed by atoms with Crippen LogP contribution < -0.4 is 5.32 Å². The van der Waals surface area contributed by atoms with Crippen LogP contribution >= 0.6 is 11.6 Å². The lowest BCUT2D eigenvalue weighted by Gasteiger charge is -2.23. The van der Waals surface area contributed by atoms with E-state index in [2.05, 4.69) is 5.32 Å². The largest absolute Gasteiger partial charge is 0.507 e. The van der Waals surface area contributed by atoms with Gasteiger partial charge in [-0.1, -0.05) is 11.6 Å². The molecule has 0 bridgehead atoms. The zero-order valence-corrected chi connectivity index (χ0v) is 11.7. The van der Waals surface area contributed by atoms with Crippen molar-refractivity contribution in [1.29, 1.82) is 0 Å². The molecule has 1 unspecified atom stereocenters. The highest BCUT2D eigenvalue weighted by molar-refractivity contribution is 6.31. The third-order valence-electron chi connectivity index (χ3n) is 2.68. The Bertz CT molecular complexity index is 448. The Balaban J connectivity index is 2.62. The summed E-state index contributed by atoms with van der Waals surface area (Å²) in [7, 11) is 1.54. The summed E-state index contributed by atoms with van der Waals surface area (Å²) in [6.07, 6.45) is 0.394. The summed E-state index contributed by atoms with van der Waals surface area (Å²) in [5, 5.41) is 22.5. The zero-order valence-electron chi connectivity index (χ0n) is 10.9. The zero-order chi connectivity index (χ0) is 14.5. The number of phenols is 1. The van der Waals surface area contributed by atoms with E-state index in [0.29, 0.717) is 18.1 Å². The fraction of sp³-hybridized carbons (Fsp3) is 0.462. The number of aliphatic hydroxyl groups is 1. The van der Waals surface area contributed by atoms with Crippen LogP contribution in [0, 0.1) is 0 Å². The van der Waals surface area contributed by atoms with Crippen LogP contribution in [0.3, 0.4) is 0 Å². The Morgan fingerprint density at radius 2 is 2.21 bits per heavy atom. The summed E-state index contributed by atoms with van der Waals surface area (Å²) in [4.78, 5) is 11.9. The van der Waals surface area contributed by atoms with Crippen molar-refractivity contribution in [2.75, 3.05) is 20.3 Å². The van der Waals surface area contributed by atoms with Gasteiger partial charge in [0, 0.05) is 31.7 Å². The molecular weight excluding hydrogens is 270 g/mol. The van der Waals surface area contributed by atoms with Crippen molar-refractivity contribution in [3.8, 4) is 5.75 Å². The number of halogens is 1. The lowest BCUT2D eigenvalue weighted by Crippen LogP contribution is -2.41. The van der Waals surface area contributed by atoms with Gasteiger partial charge in [-0.2, -0.15) is 0 Å². The number of hydrogen-bond donors (Lipinski definition) is 3. The van der Waals surface area contributed by atoms with E-state index in [4.69, 9.17) is 16.3 Å². The minimum absolute atomic E-state index is 0.0567. The predicted molar refractivity (Wildman–Crippen MR) is 72.6 cm³/mol. The quantitative estimate of drug-likeness (QED) is 0.742. The first-order valence-electron chi connectivity index (χ1n) is 5.84. The summed E-state index contributed by atoms with van der Waals surface area (Å²) >= 11 is 5.76. The van der Waals surface area contributed by atoms with Crippen LogP contribution in [0.15, 0.2) is 18.2 Å². The molecule has 1 aromatic carbocycles. The highest BCUT2D eigenvalue weighted by atomic mass is 35.5. The first-order chi connectivity index (χ1) is 8.85. The van der Waals surface area contributed by atoms with Crippen molar-refractivity contribution in [3.63, 3.8) is 0 Å². The van der Waals surface area contributed by atoms with E-state index >= 15 is 0 Å². The lowest BCUT2D eigenvalue weighted by atomic mass is 10.0. The molecule has 0 heterocycles. The van der Waals surface area contributed by atoms with E-state index in [0.717, 1.165) is 0 Å². The number of carbonyl (C=O) groups is 1. The Morgan fingerprint density at radius 3 is 2.84 bits per heavy atom. The molecule has 1 atom stereocenters. The van der Waals surface area contributed by atoms with Crippen molar-refractivity contribution in [3.05, 3.63) is 28.8 Å². The molecule has 19 heavy (non-hydrogen) atoms. The van der Waals surface area contributed by atoms with Gasteiger partial charge in [0.25, 0.3) is 5.91 Å². The van der Waals surface area contributed by atoms with Gasteiger partial charge in [-0.3, -0.25) is 4.79 Å². The summed E-state index contributed by atoms with van der Waals surface area (Å²) in [6, 6.07) is 4.21. The van der Waals surface area contributed by atoms with Crippen molar-refractivity contribution in [2.24, 2.45) is 0 Å². The number of ether oxygens (including phenoxy) is 1. The number of nitrogens with one attached hydrogen (secondary N) is 1. The van der Waals surface area contributed by atoms with Gasteiger partial charge in [-0.25, -0.2) is 0 Å². The van der Waals surface area contributed by atoms with E-state index in [-0.39, 0.29) is 17.9 Å². The summed E-state index contributed by atoms with van der Waals surface area (Å²) in [5.74, 6) is -0.642. The number of rotatable bonds is 6. The number of phenolic OH excluding ortho intramolecular Hbond substituents is 1. The molecule has 6 heteroatoms. The monoisotopic (exact) mass is 287 g/mol. The second-order valence-corrected chi connectivity index (χ2v) is 5.02. The number of aromatic hydroxyl groups is 1. The molecule has 0 aliphatic rings. The Hall–Kier alpha value is -1.30. The molecular formula is C13H18ClNO4. The Labute approximate surface area is 117 Å². The Morgan fingerprint density at radius 1 is 1.53 bits per heavy atom. The van der Waals surface area contributed by atoms with E-state index in [1.54, 1.807) is 14.0 Å². The van der Waals surface area contributed by atoms with Crippen LogP contribution in [0.5, 0.6) is 5.75 Å². The highest BCUT2D eigenvalue weighted by Crippen LogP contribution is 2.21. The van der Waals surface area contributed by atoms with E-state index in [1.165, 1.54) is 18.2 Å². The van der Waals surface area contributed by atoms with Gasteiger partial charge in [-0.15, -0.1) is 0 Å². The topological polar surface area (TPSA) is 78.8 Å². The second-order valence-electron chi connectivity index (χ2n) is 4.58. The van der Waals surface area contributed by atoms with Crippen molar-refractivity contribution >= 4 is 17.5 Å². The minimum atomic E-state index is -1.07. The first kappa shape index (κ1) is 15.8. The summed E-state index contributed by atoms with van der Waals surface area (Å²) in [5.41, 5.74) is -0.991. The van der Waals surface area contributed by atoms with Gasteiger partial charge >= 0.3 is 0 Å². The smallest absolute Gasteiger partial charge is 0.255 e. The number of hydrogen-bond acceptors (Lipinski definition) is 4. The normalized spacial score (nSPS) is 13.9. The first-order valence-corrected chi connectivity index (χ1v) is 6.21. The third kappa shape index (κ3) is 5.06. The molecule has 0 aromatic heterocycles. The molecule has 0 fully saturated rings. The van der Waals surface area contributed by atoms with Crippen molar-refractivity contribution in [1.82, 2.24) is 5.32 Å². The van der Waals surface area contributed by atoms with Gasteiger partial charge in [0.2, 0.25) is 0 Å².